The van der Waals surface area contributed by atoms with Crippen molar-refractivity contribution in [1.29, 1.82) is 0 Å². The molecule has 0 spiro atoms. The van der Waals surface area contributed by atoms with Crippen LogP contribution in [0.4, 0.5) is 0 Å². The van der Waals surface area contributed by atoms with E-state index in [0.29, 0.717) is 25.6 Å². The Hall–Kier alpha value is -2.50. The van der Waals surface area contributed by atoms with Crippen molar-refractivity contribution >= 4 is 5.96 Å². The number of benzene rings is 1. The molecule has 0 amide bonds. The number of aliphatic imine (C=N–C) groups is 1. The molecule has 0 radical (unpaired) electrons. The van der Waals surface area contributed by atoms with Gasteiger partial charge in [-0.3, -0.25) is 0 Å². The lowest BCUT2D eigenvalue weighted by atomic mass is 9.94. The van der Waals surface area contributed by atoms with E-state index in [9.17, 15) is 0 Å². The predicted molar refractivity (Wildman–Crippen MR) is 104 cm³/mol. The topological polar surface area (TPSA) is 71.7 Å². The largest absolute Gasteiger partial charge is 0.494 e. The highest BCUT2D eigenvalue weighted by molar-refractivity contribution is 5.79. The number of nitrogens with one attached hydrogen (secondary N) is 2. The molecular weight excluding hydrogens is 328 g/mol. The molecule has 0 saturated heterocycles. The highest BCUT2D eigenvalue weighted by Crippen LogP contribution is 2.22. The Labute approximate surface area is 156 Å². The molecule has 6 nitrogen and oxygen atoms in total. The summed E-state index contributed by atoms with van der Waals surface area (Å²) in [5, 5.41) is 6.50. The molecule has 2 N–H and O–H groups in total. The van der Waals surface area contributed by atoms with Crippen molar-refractivity contribution in [3.63, 3.8) is 0 Å². The second-order valence-corrected chi connectivity index (χ2v) is 7.00. The lowest BCUT2D eigenvalue weighted by Gasteiger charge is -2.13. The second-order valence-electron chi connectivity index (χ2n) is 7.00. The molecule has 1 heterocycles. The number of oxazole rings is 1. The summed E-state index contributed by atoms with van der Waals surface area (Å²) in [6, 6.07) is 7.99. The highest BCUT2D eigenvalue weighted by atomic mass is 16.5. The van der Waals surface area contributed by atoms with Crippen molar-refractivity contribution in [2.45, 2.75) is 53.1 Å². The number of hydrogen-bond acceptors (Lipinski definition) is 4. The normalized spacial score (nSPS) is 12.1. The quantitative estimate of drug-likeness (QED) is 0.584. The molecule has 0 bridgehead atoms. The number of aromatic nitrogens is 1. The lowest BCUT2D eigenvalue weighted by Crippen LogP contribution is -2.36. The molecule has 0 aliphatic rings. The molecule has 0 fully saturated rings. The van der Waals surface area contributed by atoms with Gasteiger partial charge in [0.25, 0.3) is 0 Å². The van der Waals surface area contributed by atoms with Crippen molar-refractivity contribution in [1.82, 2.24) is 15.6 Å². The van der Waals surface area contributed by atoms with Crippen LogP contribution in [0.15, 0.2) is 39.9 Å². The zero-order valence-corrected chi connectivity index (χ0v) is 16.4. The summed E-state index contributed by atoms with van der Waals surface area (Å²) in [5.74, 6) is 3.13. The molecule has 0 unspecified atom stereocenters. The van der Waals surface area contributed by atoms with E-state index in [1.807, 2.05) is 38.1 Å². The van der Waals surface area contributed by atoms with Crippen molar-refractivity contribution in [2.75, 3.05) is 13.2 Å². The van der Waals surface area contributed by atoms with Crippen LogP contribution in [-0.4, -0.2) is 24.1 Å². The van der Waals surface area contributed by atoms with Crippen LogP contribution in [0.1, 0.15) is 51.8 Å². The lowest BCUT2D eigenvalue weighted by molar-refractivity contribution is 0.340. The maximum atomic E-state index is 5.81. The summed E-state index contributed by atoms with van der Waals surface area (Å²) in [4.78, 5) is 8.96. The summed E-state index contributed by atoms with van der Waals surface area (Å²) in [5.41, 5.74) is 1.05. The minimum atomic E-state index is -0.0462. The van der Waals surface area contributed by atoms with Gasteiger partial charge in [0, 0.05) is 12.0 Å². The number of hydrogen-bond donors (Lipinski definition) is 2. The maximum absolute atomic E-state index is 5.81. The van der Waals surface area contributed by atoms with Gasteiger partial charge >= 0.3 is 0 Å². The maximum Gasteiger partial charge on any atom is 0.213 e. The Bertz CT molecular complexity index is 717. The minimum Gasteiger partial charge on any atom is -0.494 e. The fourth-order valence-corrected chi connectivity index (χ4v) is 2.31. The van der Waals surface area contributed by atoms with Crippen LogP contribution in [0, 0.1) is 0 Å². The third-order valence-corrected chi connectivity index (χ3v) is 3.67. The van der Waals surface area contributed by atoms with E-state index in [1.165, 1.54) is 0 Å². The van der Waals surface area contributed by atoms with Crippen molar-refractivity contribution in [2.24, 2.45) is 4.99 Å². The van der Waals surface area contributed by atoms with Crippen LogP contribution < -0.4 is 15.4 Å². The van der Waals surface area contributed by atoms with E-state index in [1.54, 1.807) is 6.20 Å². The fourth-order valence-electron chi connectivity index (χ4n) is 2.31. The Morgan fingerprint density at radius 1 is 1.23 bits per heavy atom. The zero-order valence-electron chi connectivity index (χ0n) is 16.4. The van der Waals surface area contributed by atoms with E-state index in [-0.39, 0.29) is 5.41 Å². The van der Waals surface area contributed by atoms with E-state index < -0.39 is 0 Å². The summed E-state index contributed by atoms with van der Waals surface area (Å²) >= 11 is 0. The number of ether oxygens (including phenoxy) is 1. The predicted octanol–water partition coefficient (Wildman–Crippen LogP) is 3.63. The van der Waals surface area contributed by atoms with Crippen LogP contribution in [-0.2, 0) is 18.5 Å². The zero-order chi connectivity index (χ0) is 19.0. The smallest absolute Gasteiger partial charge is 0.213 e. The van der Waals surface area contributed by atoms with Gasteiger partial charge in [0.1, 0.15) is 11.5 Å². The highest BCUT2D eigenvalue weighted by Gasteiger charge is 2.19. The van der Waals surface area contributed by atoms with Gasteiger partial charge in [-0.1, -0.05) is 32.9 Å². The molecular formula is C20H30N4O2. The van der Waals surface area contributed by atoms with Crippen LogP contribution in [0.2, 0.25) is 0 Å². The van der Waals surface area contributed by atoms with Crippen LogP contribution in [0.5, 0.6) is 5.75 Å². The van der Waals surface area contributed by atoms with Crippen LogP contribution in [0.25, 0.3) is 0 Å². The van der Waals surface area contributed by atoms with Crippen LogP contribution in [0.3, 0.4) is 0 Å². The Morgan fingerprint density at radius 2 is 2.04 bits per heavy atom. The van der Waals surface area contributed by atoms with Gasteiger partial charge in [-0.25, -0.2) is 9.98 Å². The molecule has 142 valence electrons. The SMILES string of the molecule is CCNC(=NCc1cccc(OCC)c1)NCc1ncc(C(C)(C)C)o1. The summed E-state index contributed by atoms with van der Waals surface area (Å²) in [6.07, 6.45) is 1.79. The first-order valence-corrected chi connectivity index (χ1v) is 9.11. The first-order chi connectivity index (χ1) is 12.4. The summed E-state index contributed by atoms with van der Waals surface area (Å²) < 4.78 is 11.3. The average Bonchev–Trinajstić information content (AvgIpc) is 3.07. The first-order valence-electron chi connectivity index (χ1n) is 9.11. The molecule has 1 aromatic carbocycles. The number of guanidine groups is 1. The second kappa shape index (κ2) is 9.27. The molecule has 2 aromatic rings. The van der Waals surface area contributed by atoms with Gasteiger partial charge in [-0.15, -0.1) is 0 Å². The van der Waals surface area contributed by atoms with Gasteiger partial charge in [-0.2, -0.15) is 0 Å². The van der Waals surface area contributed by atoms with Crippen molar-refractivity contribution < 1.29 is 9.15 Å². The van der Waals surface area contributed by atoms with Gasteiger partial charge in [0.05, 0.1) is 25.9 Å². The Balaban J connectivity index is 1.98. The monoisotopic (exact) mass is 358 g/mol. The third-order valence-electron chi connectivity index (χ3n) is 3.67. The van der Waals surface area contributed by atoms with E-state index in [0.717, 1.165) is 29.6 Å². The molecule has 0 atom stereocenters. The molecule has 0 aliphatic heterocycles. The number of nitrogens with zero attached hydrogens (tertiary/aromatic N) is 2. The van der Waals surface area contributed by atoms with Gasteiger partial charge < -0.3 is 19.8 Å². The average molecular weight is 358 g/mol. The summed E-state index contributed by atoms with van der Waals surface area (Å²) in [7, 11) is 0. The molecule has 6 heteroatoms. The van der Waals surface area contributed by atoms with E-state index in [4.69, 9.17) is 9.15 Å². The fraction of sp³-hybridized carbons (Fsp3) is 0.500. The van der Waals surface area contributed by atoms with E-state index in [2.05, 4.69) is 41.4 Å². The Morgan fingerprint density at radius 3 is 2.69 bits per heavy atom. The van der Waals surface area contributed by atoms with Crippen molar-refractivity contribution in [3.05, 3.63) is 47.7 Å². The molecule has 1 aromatic heterocycles. The molecule has 26 heavy (non-hydrogen) atoms. The molecule has 0 aliphatic carbocycles. The Kier molecular flexibility index (Phi) is 7.06. The van der Waals surface area contributed by atoms with Gasteiger partial charge in [0.2, 0.25) is 5.89 Å². The van der Waals surface area contributed by atoms with Gasteiger partial charge in [-0.05, 0) is 31.5 Å². The third kappa shape index (κ3) is 6.10. The summed E-state index contributed by atoms with van der Waals surface area (Å²) in [6.45, 7) is 12.8. The van der Waals surface area contributed by atoms with Crippen molar-refractivity contribution in [3.8, 4) is 5.75 Å². The van der Waals surface area contributed by atoms with Gasteiger partial charge in [0.15, 0.2) is 5.96 Å². The van der Waals surface area contributed by atoms with E-state index >= 15 is 0 Å². The molecule has 2 rings (SSSR count). The standard InChI is InChI=1S/C20H30N4O2/c1-6-21-19(23-12-15-9-8-10-16(11-15)25-7-2)24-14-18-22-13-17(26-18)20(3,4)5/h8-11,13H,6-7,12,14H2,1-5H3,(H2,21,23,24). The van der Waals surface area contributed by atoms with Crippen LogP contribution >= 0.6 is 0 Å². The minimum absolute atomic E-state index is 0.0462. The number of rotatable bonds is 7. The molecule has 0 saturated carbocycles. The first kappa shape index (κ1) is 19.8.